The highest BCUT2D eigenvalue weighted by molar-refractivity contribution is 6.00. The molecular weight excluding hydrogens is 290 g/mol. The van der Waals surface area contributed by atoms with Gasteiger partial charge in [-0.15, -0.1) is 0 Å². The first-order chi connectivity index (χ1) is 10.6. The lowest BCUT2D eigenvalue weighted by Crippen LogP contribution is -2.61. The summed E-state index contributed by atoms with van der Waals surface area (Å²) in [5.41, 5.74) is 2.82. The van der Waals surface area contributed by atoms with Gasteiger partial charge < -0.3 is 15.1 Å². The summed E-state index contributed by atoms with van der Waals surface area (Å²) >= 11 is 0. The topological polar surface area (TPSA) is 52.6 Å². The average Bonchev–Trinajstić information content (AvgIpc) is 2.42. The van der Waals surface area contributed by atoms with Gasteiger partial charge in [-0.3, -0.25) is 4.79 Å². The maximum atomic E-state index is 12.8. The third-order valence-corrected chi connectivity index (χ3v) is 4.05. The van der Waals surface area contributed by atoms with E-state index in [1.54, 1.807) is 16.7 Å². The fourth-order valence-corrected chi connectivity index (χ4v) is 2.79. The lowest BCUT2D eigenvalue weighted by atomic mass is 10.1. The number of aryl methyl sites for hydroxylation is 2. The van der Waals surface area contributed by atoms with E-state index in [9.17, 15) is 9.59 Å². The van der Waals surface area contributed by atoms with Crippen LogP contribution in [0.4, 0.5) is 10.5 Å². The number of urea groups is 1. The van der Waals surface area contributed by atoms with Gasteiger partial charge in [0.25, 0.3) is 0 Å². The third-order valence-electron chi connectivity index (χ3n) is 4.05. The summed E-state index contributed by atoms with van der Waals surface area (Å²) in [6.45, 7) is 12.7. The van der Waals surface area contributed by atoms with Crippen LogP contribution in [0.1, 0.15) is 38.8 Å². The Hall–Kier alpha value is -2.04. The fourth-order valence-electron chi connectivity index (χ4n) is 2.79. The molecule has 1 atom stereocenters. The van der Waals surface area contributed by atoms with Crippen LogP contribution in [-0.2, 0) is 4.79 Å². The fraction of sp³-hybridized carbons (Fsp3) is 0.556. The van der Waals surface area contributed by atoms with Crippen LogP contribution in [0.25, 0.3) is 0 Å². The molecule has 0 bridgehead atoms. The van der Waals surface area contributed by atoms with Gasteiger partial charge in [0.1, 0.15) is 6.04 Å². The molecule has 23 heavy (non-hydrogen) atoms. The molecule has 5 nitrogen and oxygen atoms in total. The Balaban J connectivity index is 2.18. The Bertz CT molecular complexity index is 619. The smallest absolute Gasteiger partial charge is 0.318 e. The van der Waals surface area contributed by atoms with Crippen LogP contribution in [-0.4, -0.2) is 41.5 Å². The van der Waals surface area contributed by atoms with Gasteiger partial charge in [-0.2, -0.15) is 0 Å². The normalized spacial score (nSPS) is 19.0. The van der Waals surface area contributed by atoms with Crippen molar-refractivity contribution in [3.05, 3.63) is 29.3 Å². The molecule has 1 aromatic rings. The quantitative estimate of drug-likeness (QED) is 0.866. The zero-order valence-electron chi connectivity index (χ0n) is 14.9. The third kappa shape index (κ3) is 3.84. The molecule has 1 unspecified atom stereocenters. The highest BCUT2D eigenvalue weighted by atomic mass is 16.2. The molecule has 0 radical (unpaired) electrons. The van der Waals surface area contributed by atoms with Gasteiger partial charge in [0.2, 0.25) is 5.91 Å². The number of amides is 3. The molecule has 5 heteroatoms. The molecule has 1 aromatic carbocycles. The van der Waals surface area contributed by atoms with Crippen molar-refractivity contribution in [2.45, 2.75) is 53.1 Å². The van der Waals surface area contributed by atoms with Crippen molar-refractivity contribution in [1.29, 1.82) is 0 Å². The van der Waals surface area contributed by atoms with E-state index in [4.69, 9.17) is 0 Å². The minimum atomic E-state index is -0.467. The van der Waals surface area contributed by atoms with Crippen molar-refractivity contribution in [1.82, 2.24) is 10.2 Å². The van der Waals surface area contributed by atoms with Gasteiger partial charge in [0.05, 0.1) is 0 Å². The molecule has 1 saturated heterocycles. The van der Waals surface area contributed by atoms with Gasteiger partial charge in [0.15, 0.2) is 0 Å². The number of piperazine rings is 1. The summed E-state index contributed by atoms with van der Waals surface area (Å²) < 4.78 is 0. The van der Waals surface area contributed by atoms with E-state index in [-0.39, 0.29) is 17.5 Å². The molecule has 1 aliphatic rings. The Labute approximate surface area is 138 Å². The van der Waals surface area contributed by atoms with E-state index in [0.717, 1.165) is 16.8 Å². The van der Waals surface area contributed by atoms with Crippen molar-refractivity contribution < 1.29 is 9.59 Å². The Kier molecular flexibility index (Phi) is 4.68. The largest absolute Gasteiger partial charge is 0.333 e. The Morgan fingerprint density at radius 1 is 1.22 bits per heavy atom. The second kappa shape index (κ2) is 6.22. The van der Waals surface area contributed by atoms with Crippen molar-refractivity contribution in [3.63, 3.8) is 0 Å². The molecular formula is C18H27N3O2. The lowest BCUT2D eigenvalue weighted by Gasteiger charge is -2.40. The molecule has 0 saturated carbocycles. The Morgan fingerprint density at radius 3 is 2.48 bits per heavy atom. The molecule has 1 N–H and O–H groups in total. The first-order valence-corrected chi connectivity index (χ1v) is 8.07. The van der Waals surface area contributed by atoms with Crippen LogP contribution in [0.2, 0.25) is 0 Å². The first kappa shape index (κ1) is 17.3. The first-order valence-electron chi connectivity index (χ1n) is 8.07. The van der Waals surface area contributed by atoms with Crippen LogP contribution < -0.4 is 10.2 Å². The van der Waals surface area contributed by atoms with Crippen LogP contribution in [0.3, 0.4) is 0 Å². The van der Waals surface area contributed by atoms with E-state index in [1.807, 2.05) is 52.8 Å². The predicted molar refractivity (Wildman–Crippen MR) is 92.7 cm³/mol. The van der Waals surface area contributed by atoms with E-state index >= 15 is 0 Å². The summed E-state index contributed by atoms with van der Waals surface area (Å²) in [7, 11) is 0. The van der Waals surface area contributed by atoms with Crippen LogP contribution in [0.15, 0.2) is 18.2 Å². The number of anilines is 1. The van der Waals surface area contributed by atoms with Crippen LogP contribution in [0.5, 0.6) is 0 Å². The highest BCUT2D eigenvalue weighted by Gasteiger charge is 2.36. The van der Waals surface area contributed by atoms with Crippen molar-refractivity contribution >= 4 is 17.6 Å². The zero-order valence-corrected chi connectivity index (χ0v) is 14.9. The van der Waals surface area contributed by atoms with Gasteiger partial charge in [-0.25, -0.2) is 4.79 Å². The Morgan fingerprint density at radius 2 is 1.87 bits per heavy atom. The van der Waals surface area contributed by atoms with E-state index in [1.165, 1.54) is 0 Å². The summed E-state index contributed by atoms with van der Waals surface area (Å²) in [5, 5.41) is 2.93. The number of hydrogen-bond donors (Lipinski definition) is 1. The maximum absolute atomic E-state index is 12.8. The molecule has 2 rings (SSSR count). The van der Waals surface area contributed by atoms with Crippen LogP contribution >= 0.6 is 0 Å². The number of benzene rings is 1. The number of carbonyl (C=O) groups is 2. The zero-order chi connectivity index (χ0) is 17.4. The number of nitrogens with zero attached hydrogens (tertiary/aromatic N) is 2. The van der Waals surface area contributed by atoms with Gasteiger partial charge in [0, 0.05) is 24.3 Å². The summed E-state index contributed by atoms with van der Waals surface area (Å²) in [6, 6.07) is 5.45. The van der Waals surface area contributed by atoms with E-state index in [0.29, 0.717) is 13.1 Å². The monoisotopic (exact) mass is 317 g/mol. The number of hydrogen-bond acceptors (Lipinski definition) is 2. The van der Waals surface area contributed by atoms with Crippen molar-refractivity contribution in [2.24, 2.45) is 0 Å². The molecule has 0 spiro atoms. The van der Waals surface area contributed by atoms with Crippen LogP contribution in [0, 0.1) is 13.8 Å². The molecule has 1 aliphatic heterocycles. The van der Waals surface area contributed by atoms with Crippen molar-refractivity contribution in [3.8, 4) is 0 Å². The van der Waals surface area contributed by atoms with Crippen molar-refractivity contribution in [2.75, 3.05) is 18.0 Å². The molecule has 126 valence electrons. The minimum Gasteiger partial charge on any atom is -0.333 e. The SMILES string of the molecule is Cc1ccc(C)c(N2CCN(C(=O)NC(C)(C)C)C(C)C2=O)c1. The van der Waals surface area contributed by atoms with Gasteiger partial charge >= 0.3 is 6.03 Å². The summed E-state index contributed by atoms with van der Waals surface area (Å²) in [5.74, 6) is -0.0333. The molecule has 0 aromatic heterocycles. The maximum Gasteiger partial charge on any atom is 0.318 e. The summed E-state index contributed by atoms with van der Waals surface area (Å²) in [6.07, 6.45) is 0. The standard InChI is InChI=1S/C18H27N3O2/c1-12-7-8-13(2)15(11-12)21-10-9-20(14(3)16(21)22)17(23)19-18(4,5)6/h7-8,11,14H,9-10H2,1-6H3,(H,19,23). The number of carbonyl (C=O) groups excluding carboxylic acids is 2. The summed E-state index contributed by atoms with van der Waals surface area (Å²) in [4.78, 5) is 28.6. The lowest BCUT2D eigenvalue weighted by molar-refractivity contribution is -0.124. The van der Waals surface area contributed by atoms with E-state index < -0.39 is 6.04 Å². The second-order valence-electron chi connectivity index (χ2n) is 7.33. The number of nitrogens with one attached hydrogen (secondary N) is 1. The van der Waals surface area contributed by atoms with Gasteiger partial charge in [-0.1, -0.05) is 12.1 Å². The molecule has 1 heterocycles. The molecule has 1 fully saturated rings. The molecule has 3 amide bonds. The second-order valence-corrected chi connectivity index (χ2v) is 7.33. The van der Waals surface area contributed by atoms with E-state index in [2.05, 4.69) is 5.32 Å². The highest BCUT2D eigenvalue weighted by Crippen LogP contribution is 2.25. The average molecular weight is 317 g/mol. The molecule has 0 aliphatic carbocycles. The minimum absolute atomic E-state index is 0.0333. The predicted octanol–water partition coefficient (Wildman–Crippen LogP) is 2.85. The number of rotatable bonds is 1. The van der Waals surface area contributed by atoms with Gasteiger partial charge in [-0.05, 0) is 58.7 Å².